The molecule has 41 heavy (non-hydrogen) atoms. The second kappa shape index (κ2) is 12.1. The molecule has 1 amide bonds. The average Bonchev–Trinajstić information content (AvgIpc) is 2.95. The van der Waals surface area contributed by atoms with Crippen molar-refractivity contribution in [3.05, 3.63) is 82.9 Å². The van der Waals surface area contributed by atoms with Crippen LogP contribution in [0.2, 0.25) is 0 Å². The highest BCUT2D eigenvalue weighted by Gasteiger charge is 2.31. The van der Waals surface area contributed by atoms with Gasteiger partial charge in [-0.15, -0.1) is 0 Å². The number of para-hydroxylation sites is 1. The zero-order valence-corrected chi connectivity index (χ0v) is 23.4. The van der Waals surface area contributed by atoms with Crippen LogP contribution in [0.3, 0.4) is 0 Å². The molecule has 3 aromatic carbocycles. The number of nitrogens with one attached hydrogen (secondary N) is 1. The number of hydrogen-bond donors (Lipinski definition) is 3. The number of anilines is 1. The predicted molar refractivity (Wildman–Crippen MR) is 152 cm³/mol. The molecule has 12 heteroatoms. The van der Waals surface area contributed by atoms with Crippen molar-refractivity contribution in [3.8, 4) is 34.2 Å². The zero-order valence-electron chi connectivity index (χ0n) is 22.6. The molecule has 0 radical (unpaired) electrons. The van der Waals surface area contributed by atoms with Crippen LogP contribution in [0.5, 0.6) is 17.4 Å². The number of nitrogens with zero attached hydrogens (tertiary/aromatic N) is 2. The number of carbonyl (C=O) groups is 1. The summed E-state index contributed by atoms with van der Waals surface area (Å²) >= 11 is 0. The molecule has 1 aromatic heterocycles. The molecule has 4 aromatic rings. The number of aromatic nitrogens is 2. The Kier molecular flexibility index (Phi) is 8.62. The van der Waals surface area contributed by atoms with E-state index in [1.54, 1.807) is 54.6 Å². The van der Waals surface area contributed by atoms with E-state index in [1.165, 1.54) is 26.4 Å². The number of methoxy groups -OCH3 is 2. The topological polar surface area (TPSA) is 157 Å². The van der Waals surface area contributed by atoms with Gasteiger partial charge in [0, 0.05) is 12.1 Å². The third kappa shape index (κ3) is 5.87. The molecule has 0 atom stereocenters. The fourth-order valence-corrected chi connectivity index (χ4v) is 5.71. The lowest BCUT2D eigenvalue weighted by Crippen LogP contribution is -2.29. The van der Waals surface area contributed by atoms with E-state index in [1.807, 2.05) is 6.92 Å². The highest BCUT2D eigenvalue weighted by Crippen LogP contribution is 2.34. The Hall–Kier alpha value is -4.84. The molecule has 1 heterocycles. The first-order valence-electron chi connectivity index (χ1n) is 12.6. The molecule has 0 spiro atoms. The van der Waals surface area contributed by atoms with Crippen molar-refractivity contribution in [1.29, 1.82) is 0 Å². The Morgan fingerprint density at radius 3 is 2.02 bits per heavy atom. The van der Waals surface area contributed by atoms with E-state index >= 15 is 0 Å². The number of amides is 1. The largest absolute Gasteiger partial charge is 0.494 e. The van der Waals surface area contributed by atoms with E-state index in [-0.39, 0.29) is 34.3 Å². The summed E-state index contributed by atoms with van der Waals surface area (Å²) < 4.78 is 39.6. The van der Waals surface area contributed by atoms with Crippen molar-refractivity contribution in [2.24, 2.45) is 0 Å². The lowest BCUT2D eigenvalue weighted by molar-refractivity contribution is 0.209. The molecule has 11 nitrogen and oxygen atoms in total. The van der Waals surface area contributed by atoms with Gasteiger partial charge in [-0.3, -0.25) is 14.7 Å². The summed E-state index contributed by atoms with van der Waals surface area (Å²) in [5.74, 6) is -0.216. The van der Waals surface area contributed by atoms with Crippen molar-refractivity contribution in [1.82, 2.24) is 9.55 Å². The molecule has 214 valence electrons. The predicted octanol–water partition coefficient (Wildman–Crippen LogP) is 4.89. The van der Waals surface area contributed by atoms with Gasteiger partial charge >= 0.3 is 6.09 Å². The first kappa shape index (κ1) is 29.2. The van der Waals surface area contributed by atoms with Gasteiger partial charge in [0.1, 0.15) is 23.0 Å². The SMILES string of the molecule is CCCCc1nc(O)c(S(=O)(=O)c2ccc(-c3ccc(NC(=O)O)cc3)cc2)c(=O)n1-c1c(OC)cccc1OC. The van der Waals surface area contributed by atoms with Gasteiger partial charge in [-0.2, -0.15) is 4.98 Å². The number of rotatable bonds is 10. The van der Waals surface area contributed by atoms with E-state index in [0.29, 0.717) is 23.2 Å². The van der Waals surface area contributed by atoms with Crippen LogP contribution >= 0.6 is 0 Å². The van der Waals surface area contributed by atoms with Gasteiger partial charge < -0.3 is 19.7 Å². The molecule has 0 aliphatic carbocycles. The number of ether oxygens (including phenoxy) is 2. The number of sulfone groups is 1. The van der Waals surface area contributed by atoms with E-state index in [9.17, 15) is 23.1 Å². The lowest BCUT2D eigenvalue weighted by Gasteiger charge is -2.19. The van der Waals surface area contributed by atoms with Crippen LogP contribution < -0.4 is 20.3 Å². The molecule has 0 aliphatic rings. The average molecular weight is 580 g/mol. The molecule has 3 N–H and O–H groups in total. The van der Waals surface area contributed by atoms with Crippen LogP contribution in [0.15, 0.2) is 81.3 Å². The third-order valence-corrected chi connectivity index (χ3v) is 8.16. The fraction of sp³-hybridized carbons (Fsp3) is 0.207. The number of hydrogen-bond acceptors (Lipinski definition) is 8. The Morgan fingerprint density at radius 2 is 1.51 bits per heavy atom. The second-order valence-electron chi connectivity index (χ2n) is 8.97. The summed E-state index contributed by atoms with van der Waals surface area (Å²) in [5, 5.41) is 21.9. The minimum Gasteiger partial charge on any atom is -0.494 e. The van der Waals surface area contributed by atoms with Crippen molar-refractivity contribution < 1.29 is 32.9 Å². The van der Waals surface area contributed by atoms with Crippen molar-refractivity contribution in [3.63, 3.8) is 0 Å². The Bertz CT molecular complexity index is 1710. The Labute approximate surface area is 236 Å². The molecule has 0 fully saturated rings. The van der Waals surface area contributed by atoms with E-state index in [0.717, 1.165) is 11.0 Å². The van der Waals surface area contributed by atoms with Gasteiger partial charge in [-0.1, -0.05) is 43.7 Å². The van der Waals surface area contributed by atoms with E-state index in [4.69, 9.17) is 14.6 Å². The standard InChI is InChI=1S/C29H29N3O8S/c1-4-5-9-24-31-27(33)26(28(34)32(24)25-22(39-2)7-6-8-23(25)40-3)41(37,38)21-16-12-19(13-17-21)18-10-14-20(15-11-18)30-29(35)36/h6-8,10-17,30,33H,4-5,9H2,1-3H3,(H,35,36). The van der Waals surface area contributed by atoms with Crippen LogP contribution in [-0.2, 0) is 16.3 Å². The summed E-state index contributed by atoms with van der Waals surface area (Å²) in [6.07, 6.45) is 0.498. The van der Waals surface area contributed by atoms with Gasteiger partial charge in [0.2, 0.25) is 15.7 Å². The number of aromatic hydroxyl groups is 1. The first-order chi connectivity index (χ1) is 19.6. The van der Waals surface area contributed by atoms with Crippen LogP contribution in [0.25, 0.3) is 16.8 Å². The zero-order chi connectivity index (χ0) is 29.7. The Balaban J connectivity index is 1.84. The minimum absolute atomic E-state index is 0.160. The number of aryl methyl sites for hydroxylation is 1. The van der Waals surface area contributed by atoms with Gasteiger partial charge in [0.25, 0.3) is 5.56 Å². The quantitative estimate of drug-likeness (QED) is 0.238. The van der Waals surface area contributed by atoms with Crippen molar-refractivity contribution >= 4 is 21.6 Å². The van der Waals surface area contributed by atoms with Crippen LogP contribution in [0.4, 0.5) is 10.5 Å². The summed E-state index contributed by atoms with van der Waals surface area (Å²) in [6.45, 7) is 1.95. The number of carboxylic acid groups (broad SMARTS) is 1. The van der Waals surface area contributed by atoms with Crippen LogP contribution in [0, 0.1) is 0 Å². The maximum atomic E-state index is 14.0. The molecule has 0 aliphatic heterocycles. The number of unbranched alkanes of at least 4 members (excludes halogenated alkanes) is 1. The van der Waals surface area contributed by atoms with Crippen LogP contribution in [-0.4, -0.2) is 48.5 Å². The molecule has 0 saturated carbocycles. The van der Waals surface area contributed by atoms with E-state index in [2.05, 4.69) is 10.3 Å². The molecule has 0 unspecified atom stereocenters. The normalized spacial score (nSPS) is 11.2. The van der Waals surface area contributed by atoms with Crippen molar-refractivity contribution in [2.75, 3.05) is 19.5 Å². The summed E-state index contributed by atoms with van der Waals surface area (Å²) in [7, 11) is -1.70. The molecule has 4 rings (SSSR count). The fourth-order valence-electron chi connectivity index (χ4n) is 4.37. The summed E-state index contributed by atoms with van der Waals surface area (Å²) in [5.41, 5.74) is 0.930. The minimum atomic E-state index is -4.53. The molecule has 0 bridgehead atoms. The van der Waals surface area contributed by atoms with Crippen molar-refractivity contribution in [2.45, 2.75) is 36.0 Å². The van der Waals surface area contributed by atoms with Gasteiger partial charge in [0.05, 0.1) is 19.1 Å². The maximum absolute atomic E-state index is 14.0. The molecular weight excluding hydrogens is 550 g/mol. The van der Waals surface area contributed by atoms with Crippen LogP contribution in [0.1, 0.15) is 25.6 Å². The second-order valence-corrected chi connectivity index (χ2v) is 10.9. The highest BCUT2D eigenvalue weighted by atomic mass is 32.2. The highest BCUT2D eigenvalue weighted by molar-refractivity contribution is 7.91. The Morgan fingerprint density at radius 1 is 0.951 bits per heavy atom. The lowest BCUT2D eigenvalue weighted by atomic mass is 10.1. The van der Waals surface area contributed by atoms with Gasteiger partial charge in [0.15, 0.2) is 4.90 Å². The van der Waals surface area contributed by atoms with Gasteiger partial charge in [-0.05, 0) is 53.9 Å². The summed E-state index contributed by atoms with van der Waals surface area (Å²) in [4.78, 5) is 27.8. The van der Waals surface area contributed by atoms with Gasteiger partial charge in [-0.25, -0.2) is 13.2 Å². The molecular formula is C29H29N3O8S. The number of benzene rings is 3. The molecule has 0 saturated heterocycles. The first-order valence-corrected chi connectivity index (χ1v) is 14.1. The maximum Gasteiger partial charge on any atom is 0.409 e. The summed E-state index contributed by atoms with van der Waals surface area (Å²) in [6, 6.07) is 17.1. The third-order valence-electron chi connectivity index (χ3n) is 6.38. The smallest absolute Gasteiger partial charge is 0.409 e. The monoisotopic (exact) mass is 579 g/mol. The van der Waals surface area contributed by atoms with E-state index < -0.39 is 32.3 Å².